The molecule has 0 amide bonds. The van der Waals surface area contributed by atoms with Crippen molar-refractivity contribution in [3.63, 3.8) is 0 Å². The van der Waals surface area contributed by atoms with Gasteiger partial charge in [-0.1, -0.05) is 29.8 Å². The van der Waals surface area contributed by atoms with Crippen molar-refractivity contribution in [2.24, 2.45) is 0 Å². The maximum absolute atomic E-state index is 6.33. The van der Waals surface area contributed by atoms with E-state index in [1.54, 1.807) is 0 Å². The third-order valence-corrected chi connectivity index (χ3v) is 3.74. The number of benzene rings is 1. The van der Waals surface area contributed by atoms with E-state index >= 15 is 0 Å². The van der Waals surface area contributed by atoms with Crippen LogP contribution in [0.15, 0.2) is 24.3 Å². The molecule has 1 aliphatic rings. The minimum atomic E-state index is -0.0276. The van der Waals surface area contributed by atoms with Crippen molar-refractivity contribution in [1.29, 1.82) is 0 Å². The Morgan fingerprint density at radius 1 is 1.31 bits per heavy atom. The van der Waals surface area contributed by atoms with Gasteiger partial charge in [0.25, 0.3) is 0 Å². The number of nitrogens with one attached hydrogen (secondary N) is 1. The van der Waals surface area contributed by atoms with Gasteiger partial charge in [-0.05, 0) is 50.9 Å². The average Bonchev–Trinajstić information content (AvgIpc) is 2.29. The molecule has 0 spiro atoms. The number of likely N-dealkylation sites (N-methyl/N-ethyl adjacent to an activating group) is 1. The van der Waals surface area contributed by atoms with Crippen molar-refractivity contribution in [3.05, 3.63) is 40.4 Å². The van der Waals surface area contributed by atoms with Gasteiger partial charge in [0.1, 0.15) is 0 Å². The Bertz CT molecular complexity index is 432. The first kappa shape index (κ1) is 11.7. The summed E-state index contributed by atoms with van der Waals surface area (Å²) in [4.78, 5) is 0. The van der Waals surface area contributed by atoms with Crippen LogP contribution in [-0.2, 0) is 6.42 Å². The highest BCUT2D eigenvalue weighted by molar-refractivity contribution is 6.32. The summed E-state index contributed by atoms with van der Waals surface area (Å²) >= 11 is 6.33. The molecule has 1 N–H and O–H groups in total. The van der Waals surface area contributed by atoms with E-state index in [1.165, 1.54) is 16.7 Å². The molecule has 0 fully saturated rings. The molecule has 0 heterocycles. The Labute approximate surface area is 103 Å². The van der Waals surface area contributed by atoms with Crippen LogP contribution < -0.4 is 5.32 Å². The molecule has 86 valence electrons. The number of rotatable bonds is 2. The lowest BCUT2D eigenvalue weighted by Gasteiger charge is -2.32. The van der Waals surface area contributed by atoms with Gasteiger partial charge in [0.15, 0.2) is 0 Å². The average molecular weight is 236 g/mol. The third-order valence-electron chi connectivity index (χ3n) is 3.43. The minimum Gasteiger partial charge on any atom is -0.311 e. The lowest BCUT2D eigenvalue weighted by molar-refractivity contribution is 0.541. The van der Waals surface area contributed by atoms with E-state index in [9.17, 15) is 0 Å². The fourth-order valence-electron chi connectivity index (χ4n) is 2.26. The highest BCUT2D eigenvalue weighted by atomic mass is 35.5. The fourth-order valence-corrected chi connectivity index (χ4v) is 2.55. The summed E-state index contributed by atoms with van der Waals surface area (Å²) in [5, 5.41) is 4.22. The molecule has 1 aromatic carbocycles. The molecule has 0 atom stereocenters. The Balaban J connectivity index is 2.56. The molecule has 0 bridgehead atoms. The largest absolute Gasteiger partial charge is 0.311 e. The van der Waals surface area contributed by atoms with Crippen LogP contribution in [0.2, 0.25) is 5.02 Å². The van der Waals surface area contributed by atoms with E-state index in [0.29, 0.717) is 0 Å². The van der Waals surface area contributed by atoms with Crippen LogP contribution in [0.25, 0.3) is 5.57 Å². The summed E-state index contributed by atoms with van der Waals surface area (Å²) in [6.45, 7) is 4.38. The Hall–Kier alpha value is -0.790. The molecule has 1 aliphatic carbocycles. The Morgan fingerprint density at radius 2 is 2.06 bits per heavy atom. The number of allylic oxidation sites excluding steroid dienone is 1. The van der Waals surface area contributed by atoms with Gasteiger partial charge in [0.05, 0.1) is 0 Å². The summed E-state index contributed by atoms with van der Waals surface area (Å²) in [6.07, 6.45) is 4.51. The van der Waals surface area contributed by atoms with E-state index in [-0.39, 0.29) is 5.54 Å². The first-order chi connectivity index (χ1) is 7.56. The first-order valence-electron chi connectivity index (χ1n) is 5.73. The number of fused-ring (bicyclic) bond motifs is 1. The quantitative estimate of drug-likeness (QED) is 0.825. The van der Waals surface area contributed by atoms with E-state index in [4.69, 9.17) is 11.6 Å². The molecule has 2 rings (SSSR count). The minimum absolute atomic E-state index is 0.0276. The van der Waals surface area contributed by atoms with Crippen LogP contribution in [-0.4, -0.2) is 12.6 Å². The smallest absolute Gasteiger partial charge is 0.0484 e. The molecular formula is C14H18ClN. The van der Waals surface area contributed by atoms with E-state index < -0.39 is 0 Å². The van der Waals surface area contributed by atoms with E-state index in [1.807, 2.05) is 19.2 Å². The summed E-state index contributed by atoms with van der Waals surface area (Å²) in [7, 11) is 1.99. The van der Waals surface area contributed by atoms with E-state index in [0.717, 1.165) is 17.9 Å². The third kappa shape index (κ3) is 1.90. The van der Waals surface area contributed by atoms with Gasteiger partial charge in [-0.2, -0.15) is 0 Å². The molecule has 0 aromatic heterocycles. The monoisotopic (exact) mass is 235 g/mol. The second kappa shape index (κ2) is 4.23. The molecular weight excluding hydrogens is 218 g/mol. The van der Waals surface area contributed by atoms with Crippen molar-refractivity contribution in [1.82, 2.24) is 5.32 Å². The first-order valence-corrected chi connectivity index (χ1v) is 6.11. The van der Waals surface area contributed by atoms with Crippen LogP contribution >= 0.6 is 11.6 Å². The van der Waals surface area contributed by atoms with Gasteiger partial charge in [-0.25, -0.2) is 0 Å². The summed E-state index contributed by atoms with van der Waals surface area (Å²) in [6, 6.07) is 6.20. The summed E-state index contributed by atoms with van der Waals surface area (Å²) in [5.41, 5.74) is 3.89. The van der Waals surface area contributed by atoms with Crippen LogP contribution in [0.4, 0.5) is 0 Å². The zero-order valence-corrected chi connectivity index (χ0v) is 10.9. The highest BCUT2D eigenvalue weighted by Crippen LogP contribution is 2.38. The fraction of sp³-hybridized carbons (Fsp3) is 0.429. The lowest BCUT2D eigenvalue weighted by Crippen LogP contribution is -2.38. The Morgan fingerprint density at radius 3 is 2.75 bits per heavy atom. The SMILES string of the molecule is CNC(C)(C)C1=CCCc2cccc(Cl)c21. The molecule has 1 nitrogen and oxygen atoms in total. The van der Waals surface area contributed by atoms with Crippen LogP contribution in [0.1, 0.15) is 31.4 Å². The van der Waals surface area contributed by atoms with Crippen LogP contribution in [0.3, 0.4) is 0 Å². The Kier molecular flexibility index (Phi) is 3.09. The van der Waals surface area contributed by atoms with Gasteiger partial charge >= 0.3 is 0 Å². The number of halogens is 1. The second-order valence-electron chi connectivity index (χ2n) is 4.81. The molecule has 16 heavy (non-hydrogen) atoms. The standard InChI is InChI=1S/C14H18ClN/c1-14(2,16-3)11-8-4-6-10-7-5-9-12(15)13(10)11/h5,7-9,16H,4,6H2,1-3H3. The zero-order chi connectivity index (χ0) is 11.8. The van der Waals surface area contributed by atoms with Crippen molar-refractivity contribution in [2.45, 2.75) is 32.2 Å². The normalized spacial score (nSPS) is 15.6. The van der Waals surface area contributed by atoms with Crippen molar-refractivity contribution in [3.8, 4) is 0 Å². The molecule has 1 aromatic rings. The predicted molar refractivity (Wildman–Crippen MR) is 70.9 cm³/mol. The van der Waals surface area contributed by atoms with Gasteiger partial charge < -0.3 is 5.32 Å². The van der Waals surface area contributed by atoms with Crippen molar-refractivity contribution >= 4 is 17.2 Å². The maximum atomic E-state index is 6.33. The van der Waals surface area contributed by atoms with E-state index in [2.05, 4.69) is 31.3 Å². The predicted octanol–water partition coefficient (Wildman–Crippen LogP) is 3.67. The van der Waals surface area contributed by atoms with Crippen LogP contribution in [0.5, 0.6) is 0 Å². The summed E-state index contributed by atoms with van der Waals surface area (Å²) < 4.78 is 0. The number of aryl methyl sites for hydroxylation is 1. The molecule has 2 heteroatoms. The maximum Gasteiger partial charge on any atom is 0.0484 e. The van der Waals surface area contributed by atoms with Gasteiger partial charge in [-0.15, -0.1) is 0 Å². The highest BCUT2D eigenvalue weighted by Gasteiger charge is 2.27. The van der Waals surface area contributed by atoms with Gasteiger partial charge in [0, 0.05) is 16.1 Å². The van der Waals surface area contributed by atoms with Crippen molar-refractivity contribution < 1.29 is 0 Å². The van der Waals surface area contributed by atoms with Crippen molar-refractivity contribution in [2.75, 3.05) is 7.05 Å². The van der Waals surface area contributed by atoms with Crippen LogP contribution in [0, 0.1) is 0 Å². The second-order valence-corrected chi connectivity index (χ2v) is 5.21. The molecule has 0 radical (unpaired) electrons. The van der Waals surface area contributed by atoms with Gasteiger partial charge in [-0.3, -0.25) is 0 Å². The molecule has 0 saturated heterocycles. The number of hydrogen-bond acceptors (Lipinski definition) is 1. The molecule has 0 saturated carbocycles. The zero-order valence-electron chi connectivity index (χ0n) is 10.1. The molecule has 0 unspecified atom stereocenters. The topological polar surface area (TPSA) is 12.0 Å². The summed E-state index contributed by atoms with van der Waals surface area (Å²) in [5.74, 6) is 0. The van der Waals surface area contributed by atoms with Gasteiger partial charge in [0.2, 0.25) is 0 Å². The molecule has 0 aliphatic heterocycles. The lowest BCUT2D eigenvalue weighted by atomic mass is 9.81. The number of hydrogen-bond donors (Lipinski definition) is 1.